The first kappa shape index (κ1) is 18.8. The van der Waals surface area contributed by atoms with E-state index in [1.54, 1.807) is 43.5 Å². The van der Waals surface area contributed by atoms with Crippen LogP contribution in [0.5, 0.6) is 5.75 Å². The van der Waals surface area contributed by atoms with Gasteiger partial charge in [0, 0.05) is 23.7 Å². The Morgan fingerprint density at radius 3 is 2.21 bits per heavy atom. The van der Waals surface area contributed by atoms with Gasteiger partial charge in [0.25, 0.3) is 5.91 Å². The summed E-state index contributed by atoms with van der Waals surface area (Å²) in [6.45, 7) is 0. The van der Waals surface area contributed by atoms with Crippen LogP contribution >= 0.6 is 11.3 Å². The van der Waals surface area contributed by atoms with Gasteiger partial charge < -0.3 is 9.30 Å². The highest BCUT2D eigenvalue weighted by Gasteiger charge is 2.12. The van der Waals surface area contributed by atoms with Gasteiger partial charge in [-0.1, -0.05) is 59.9 Å². The molecule has 0 N–H and O–H groups in total. The Bertz CT molecular complexity index is 1270. The summed E-state index contributed by atoms with van der Waals surface area (Å²) < 4.78 is 8.25. The van der Waals surface area contributed by atoms with Gasteiger partial charge in [0.15, 0.2) is 10.6 Å². The Hall–Kier alpha value is -3.51. The zero-order valence-electron chi connectivity index (χ0n) is 16.0. The van der Waals surface area contributed by atoms with Gasteiger partial charge in [0.2, 0.25) is 0 Å². The Morgan fingerprint density at radius 2 is 1.52 bits per heavy atom. The van der Waals surface area contributed by atoms with E-state index in [1.165, 1.54) is 11.3 Å². The highest BCUT2D eigenvalue weighted by atomic mass is 32.1. The highest BCUT2D eigenvalue weighted by Crippen LogP contribution is 2.26. The quantitative estimate of drug-likeness (QED) is 0.480. The summed E-state index contributed by atoms with van der Waals surface area (Å²) in [5.74, 6) is 0.299. The second-order valence-electron chi connectivity index (χ2n) is 6.44. The number of methoxy groups -OCH3 is 1. The summed E-state index contributed by atoms with van der Waals surface area (Å²) in [5, 5.41) is 0. The molecule has 1 amide bonds. The van der Waals surface area contributed by atoms with Gasteiger partial charge in [-0.05, 0) is 24.3 Å². The predicted octanol–water partition coefficient (Wildman–Crippen LogP) is 4.22. The number of amides is 1. The number of thiazole rings is 1. The number of fused-ring (bicyclic) bond motifs is 1. The van der Waals surface area contributed by atoms with Crippen molar-refractivity contribution < 1.29 is 14.3 Å². The molecule has 5 nitrogen and oxygen atoms in total. The SMILES string of the molecule is COc1cccc2sc(=NC(=O)c3ccc(C(=O)c4ccccc4)cc3)n(C)c12. The van der Waals surface area contributed by atoms with E-state index in [9.17, 15) is 9.59 Å². The largest absolute Gasteiger partial charge is 0.495 e. The molecular formula is C23H18N2O3S. The van der Waals surface area contributed by atoms with E-state index in [2.05, 4.69) is 4.99 Å². The third-order valence-corrected chi connectivity index (χ3v) is 5.73. The van der Waals surface area contributed by atoms with Crippen LogP contribution in [0.3, 0.4) is 0 Å². The minimum Gasteiger partial charge on any atom is -0.495 e. The molecule has 3 aromatic carbocycles. The summed E-state index contributed by atoms with van der Waals surface area (Å²) >= 11 is 1.42. The molecule has 0 atom stereocenters. The zero-order valence-corrected chi connectivity index (χ0v) is 16.8. The maximum atomic E-state index is 12.7. The van der Waals surface area contributed by atoms with Crippen molar-refractivity contribution >= 4 is 33.2 Å². The van der Waals surface area contributed by atoms with E-state index in [0.717, 1.165) is 16.0 Å². The van der Waals surface area contributed by atoms with Crippen molar-refractivity contribution in [3.05, 3.63) is 94.3 Å². The molecule has 4 rings (SSSR count). The molecule has 1 heterocycles. The van der Waals surface area contributed by atoms with Crippen LogP contribution in [0.4, 0.5) is 0 Å². The van der Waals surface area contributed by atoms with Crippen LogP contribution < -0.4 is 9.54 Å². The van der Waals surface area contributed by atoms with Crippen molar-refractivity contribution in [1.82, 2.24) is 4.57 Å². The van der Waals surface area contributed by atoms with Gasteiger partial charge in [0.1, 0.15) is 11.3 Å². The fraction of sp³-hybridized carbons (Fsp3) is 0.0870. The third-order valence-electron chi connectivity index (χ3n) is 4.63. The Morgan fingerprint density at radius 1 is 0.862 bits per heavy atom. The van der Waals surface area contributed by atoms with Gasteiger partial charge in [-0.25, -0.2) is 0 Å². The van der Waals surface area contributed by atoms with Crippen molar-refractivity contribution in [3.63, 3.8) is 0 Å². The smallest absolute Gasteiger partial charge is 0.279 e. The lowest BCUT2D eigenvalue weighted by Crippen LogP contribution is -2.13. The van der Waals surface area contributed by atoms with Crippen LogP contribution in [0.2, 0.25) is 0 Å². The van der Waals surface area contributed by atoms with Crippen LogP contribution in [0.15, 0.2) is 77.8 Å². The molecule has 0 bridgehead atoms. The number of carbonyl (C=O) groups is 2. The number of hydrogen-bond acceptors (Lipinski definition) is 4. The normalized spacial score (nSPS) is 11.6. The third kappa shape index (κ3) is 3.62. The lowest BCUT2D eigenvalue weighted by Gasteiger charge is -2.03. The average Bonchev–Trinajstić information content (AvgIpc) is 3.09. The van der Waals surface area contributed by atoms with Crippen molar-refractivity contribution in [2.45, 2.75) is 0 Å². The molecule has 0 unspecified atom stereocenters. The maximum Gasteiger partial charge on any atom is 0.279 e. The highest BCUT2D eigenvalue weighted by molar-refractivity contribution is 7.16. The maximum absolute atomic E-state index is 12.7. The van der Waals surface area contributed by atoms with Gasteiger partial charge in [-0.3, -0.25) is 9.59 Å². The van der Waals surface area contributed by atoms with Gasteiger partial charge in [0.05, 0.1) is 11.8 Å². The summed E-state index contributed by atoms with van der Waals surface area (Å²) in [4.78, 5) is 30.0. The van der Waals surface area contributed by atoms with Crippen LogP contribution in [-0.4, -0.2) is 23.4 Å². The molecule has 0 aliphatic rings. The van der Waals surface area contributed by atoms with Crippen molar-refractivity contribution in [1.29, 1.82) is 0 Å². The molecule has 0 aliphatic heterocycles. The Balaban J connectivity index is 1.65. The second kappa shape index (κ2) is 7.85. The van der Waals surface area contributed by atoms with E-state index in [0.29, 0.717) is 21.5 Å². The molecule has 0 fully saturated rings. The Kier molecular flexibility index (Phi) is 5.10. The number of ketones is 1. The lowest BCUT2D eigenvalue weighted by atomic mass is 10.0. The van der Waals surface area contributed by atoms with Crippen LogP contribution in [0, 0.1) is 0 Å². The standard InChI is InChI=1S/C23H18N2O3S/c1-25-20-18(28-2)9-6-10-19(20)29-23(25)24-22(27)17-13-11-16(12-14-17)21(26)15-7-4-3-5-8-15/h3-14H,1-2H3. The van der Waals surface area contributed by atoms with Crippen LogP contribution in [0.25, 0.3) is 10.2 Å². The minimum absolute atomic E-state index is 0.0791. The lowest BCUT2D eigenvalue weighted by molar-refractivity contribution is 0.0994. The molecule has 4 aromatic rings. The molecule has 0 aliphatic carbocycles. The minimum atomic E-state index is -0.357. The van der Waals surface area contributed by atoms with Crippen LogP contribution in [0.1, 0.15) is 26.3 Å². The number of rotatable bonds is 4. The Labute approximate surface area is 171 Å². The molecule has 0 saturated heterocycles. The van der Waals surface area contributed by atoms with E-state index in [4.69, 9.17) is 4.74 Å². The summed E-state index contributed by atoms with van der Waals surface area (Å²) in [7, 11) is 3.47. The van der Waals surface area contributed by atoms with Crippen molar-refractivity contribution in [2.75, 3.05) is 7.11 Å². The number of aromatic nitrogens is 1. The summed E-state index contributed by atoms with van der Waals surface area (Å²) in [6, 6.07) is 21.4. The number of benzene rings is 3. The first-order chi connectivity index (χ1) is 14.1. The van der Waals surface area contributed by atoms with Crippen molar-refractivity contribution in [2.24, 2.45) is 12.0 Å². The van der Waals surface area contributed by atoms with Crippen LogP contribution in [-0.2, 0) is 7.05 Å². The molecule has 0 spiro atoms. The number of aryl methyl sites for hydroxylation is 1. The first-order valence-corrected chi connectivity index (χ1v) is 9.81. The molecule has 144 valence electrons. The van der Waals surface area contributed by atoms with E-state index in [1.807, 2.05) is 48.0 Å². The fourth-order valence-electron chi connectivity index (χ4n) is 3.11. The number of carbonyl (C=O) groups excluding carboxylic acids is 2. The van der Waals surface area contributed by atoms with E-state index in [-0.39, 0.29) is 11.7 Å². The number of ether oxygens (including phenoxy) is 1. The molecule has 0 saturated carbocycles. The number of nitrogens with zero attached hydrogens (tertiary/aromatic N) is 2. The monoisotopic (exact) mass is 402 g/mol. The molecule has 0 radical (unpaired) electrons. The first-order valence-electron chi connectivity index (χ1n) is 9.00. The number of hydrogen-bond donors (Lipinski definition) is 0. The van der Waals surface area contributed by atoms with Gasteiger partial charge in [-0.2, -0.15) is 4.99 Å². The number of para-hydroxylation sites is 1. The van der Waals surface area contributed by atoms with Crippen molar-refractivity contribution in [3.8, 4) is 5.75 Å². The average molecular weight is 402 g/mol. The van der Waals surface area contributed by atoms with Gasteiger partial charge >= 0.3 is 0 Å². The van der Waals surface area contributed by atoms with E-state index >= 15 is 0 Å². The second-order valence-corrected chi connectivity index (χ2v) is 7.45. The summed E-state index contributed by atoms with van der Waals surface area (Å²) in [6.07, 6.45) is 0. The molecule has 29 heavy (non-hydrogen) atoms. The van der Waals surface area contributed by atoms with Gasteiger partial charge in [-0.15, -0.1) is 0 Å². The predicted molar refractivity (Wildman–Crippen MR) is 114 cm³/mol. The molecule has 1 aromatic heterocycles. The zero-order chi connectivity index (χ0) is 20.4. The molecular weight excluding hydrogens is 384 g/mol. The summed E-state index contributed by atoms with van der Waals surface area (Å²) in [5.41, 5.74) is 2.47. The van der Waals surface area contributed by atoms with E-state index < -0.39 is 0 Å². The topological polar surface area (TPSA) is 60.7 Å². The molecule has 6 heteroatoms. The fourth-order valence-corrected chi connectivity index (χ4v) is 4.15.